The molecule has 23 heavy (non-hydrogen) atoms. The molecule has 2 bridgehead atoms. The lowest BCUT2D eigenvalue weighted by Crippen LogP contribution is -2.41. The van der Waals surface area contributed by atoms with Gasteiger partial charge in [-0.25, -0.2) is 4.79 Å². The molecule has 3 heterocycles. The summed E-state index contributed by atoms with van der Waals surface area (Å²) in [5, 5.41) is 0. The topological polar surface area (TPSA) is 90.4 Å². The number of hydrogen-bond donors (Lipinski definition) is 1. The van der Waals surface area contributed by atoms with Gasteiger partial charge in [0.1, 0.15) is 13.2 Å². The minimum absolute atomic E-state index is 0.00266. The Balaban J connectivity index is 2.00. The number of hydrogen-bond acceptors (Lipinski definition) is 5. The van der Waals surface area contributed by atoms with Crippen LogP contribution >= 0.6 is 7.14 Å². The van der Waals surface area contributed by atoms with Crippen LogP contribution in [0.4, 0.5) is 0 Å². The maximum Gasteiger partial charge on any atom is 0.330 e. The largest absolute Gasteiger partial charge is 0.373 e. The first-order chi connectivity index (χ1) is 10.7. The van der Waals surface area contributed by atoms with E-state index in [0.29, 0.717) is 13.0 Å². The van der Waals surface area contributed by atoms with Crippen molar-refractivity contribution >= 4 is 7.14 Å². The van der Waals surface area contributed by atoms with E-state index in [1.54, 1.807) is 19.1 Å². The number of aromatic nitrogens is 2. The summed E-state index contributed by atoms with van der Waals surface area (Å²) in [6, 6.07) is 1.28. The third kappa shape index (κ3) is 3.01. The Morgan fingerprint density at radius 1 is 1.43 bits per heavy atom. The van der Waals surface area contributed by atoms with E-state index in [4.69, 9.17) is 9.47 Å². The van der Waals surface area contributed by atoms with E-state index in [-0.39, 0.29) is 12.0 Å². The van der Waals surface area contributed by atoms with Gasteiger partial charge in [-0.1, -0.05) is 6.92 Å². The number of nitrogens with zero attached hydrogens (tertiary/aromatic N) is 1. The molecule has 0 aliphatic carbocycles. The molecule has 2 fully saturated rings. The molecule has 0 radical (unpaired) electrons. The molecule has 2 saturated heterocycles. The molecular weight excluding hydrogens is 319 g/mol. The second-order valence-electron chi connectivity index (χ2n) is 6.60. The van der Waals surface area contributed by atoms with Crippen molar-refractivity contribution in [3.63, 3.8) is 0 Å². The van der Waals surface area contributed by atoms with Crippen molar-refractivity contribution in [2.75, 3.05) is 19.9 Å². The Bertz CT molecular complexity index is 792. The molecule has 8 heteroatoms. The highest BCUT2D eigenvalue weighted by Crippen LogP contribution is 2.50. The SMILES string of the molecule is C[C@H]1[C@H]2OCC[C@]1(/C=C/P(C)(C)=O)O[C@H]2n1ccc(=O)[nH]c1=O. The van der Waals surface area contributed by atoms with Crippen LogP contribution in [0.5, 0.6) is 0 Å². The summed E-state index contributed by atoms with van der Waals surface area (Å²) in [6.45, 7) is 5.90. The fourth-order valence-electron chi connectivity index (χ4n) is 3.21. The van der Waals surface area contributed by atoms with Crippen LogP contribution in [0.15, 0.2) is 33.7 Å². The third-order valence-corrected chi connectivity index (χ3v) is 5.40. The molecule has 0 saturated carbocycles. The van der Waals surface area contributed by atoms with Gasteiger partial charge in [-0.2, -0.15) is 0 Å². The lowest BCUT2D eigenvalue weighted by molar-refractivity contribution is -0.0536. The third-order valence-electron chi connectivity index (χ3n) is 4.53. The lowest BCUT2D eigenvalue weighted by Gasteiger charge is -2.34. The van der Waals surface area contributed by atoms with Gasteiger partial charge in [-0.05, 0) is 25.2 Å². The molecular formula is C15H21N2O5P. The van der Waals surface area contributed by atoms with Crippen molar-refractivity contribution in [2.45, 2.75) is 31.3 Å². The van der Waals surface area contributed by atoms with Crippen LogP contribution in [0.3, 0.4) is 0 Å². The van der Waals surface area contributed by atoms with Gasteiger partial charge >= 0.3 is 5.69 Å². The second kappa shape index (κ2) is 5.58. The first-order valence-corrected chi connectivity index (χ1v) is 10.2. The van der Waals surface area contributed by atoms with Crippen molar-refractivity contribution in [1.82, 2.24) is 9.55 Å². The molecule has 2 aliphatic heterocycles. The van der Waals surface area contributed by atoms with Gasteiger partial charge in [0, 0.05) is 24.6 Å². The van der Waals surface area contributed by atoms with Gasteiger partial charge in [0.15, 0.2) is 6.23 Å². The molecule has 0 aromatic carbocycles. The molecule has 0 unspecified atom stereocenters. The van der Waals surface area contributed by atoms with Crippen LogP contribution in [-0.4, -0.2) is 41.2 Å². The Morgan fingerprint density at radius 3 is 2.83 bits per heavy atom. The van der Waals surface area contributed by atoms with Gasteiger partial charge in [-0.3, -0.25) is 14.3 Å². The number of aromatic amines is 1. The molecule has 0 spiro atoms. The van der Waals surface area contributed by atoms with Crippen molar-refractivity contribution in [3.05, 3.63) is 45.0 Å². The van der Waals surface area contributed by atoms with Crippen molar-refractivity contribution in [3.8, 4) is 0 Å². The average molecular weight is 340 g/mol. The minimum Gasteiger partial charge on any atom is -0.373 e. The monoisotopic (exact) mass is 340 g/mol. The average Bonchev–Trinajstić information content (AvgIpc) is 2.61. The smallest absolute Gasteiger partial charge is 0.330 e. The van der Waals surface area contributed by atoms with Crippen LogP contribution in [0, 0.1) is 5.92 Å². The zero-order valence-corrected chi connectivity index (χ0v) is 14.3. The summed E-state index contributed by atoms with van der Waals surface area (Å²) in [6.07, 6.45) is 3.00. The molecule has 2 aliphatic rings. The molecule has 3 rings (SSSR count). The Morgan fingerprint density at radius 2 is 2.17 bits per heavy atom. The first kappa shape index (κ1) is 16.4. The van der Waals surface area contributed by atoms with E-state index in [1.807, 2.05) is 13.0 Å². The number of H-pyrrole nitrogens is 1. The van der Waals surface area contributed by atoms with Crippen LogP contribution in [0.1, 0.15) is 19.6 Å². The summed E-state index contributed by atoms with van der Waals surface area (Å²) in [5.74, 6) is 1.71. The normalized spacial score (nSPS) is 34.1. The summed E-state index contributed by atoms with van der Waals surface area (Å²) < 4.78 is 25.4. The second-order valence-corrected chi connectivity index (χ2v) is 9.77. The highest BCUT2D eigenvalue weighted by atomic mass is 31.2. The lowest BCUT2D eigenvalue weighted by atomic mass is 9.82. The fourth-order valence-corrected chi connectivity index (χ4v) is 3.83. The maximum absolute atomic E-state index is 12.1. The summed E-state index contributed by atoms with van der Waals surface area (Å²) in [7, 11) is -2.32. The molecule has 0 amide bonds. The van der Waals surface area contributed by atoms with Crippen LogP contribution in [-0.2, 0) is 14.0 Å². The molecule has 1 aromatic heterocycles. The van der Waals surface area contributed by atoms with Gasteiger partial charge in [0.2, 0.25) is 0 Å². The fraction of sp³-hybridized carbons (Fsp3) is 0.600. The van der Waals surface area contributed by atoms with Gasteiger partial charge < -0.3 is 14.0 Å². The number of ether oxygens (including phenoxy) is 2. The number of nitrogens with one attached hydrogen (secondary N) is 1. The molecule has 1 N–H and O–H groups in total. The standard InChI is InChI=1S/C15H21N2O5P/c1-10-12-13(17-7-4-11(18)16-14(17)19)22-15(10,5-8-21-12)6-9-23(2,3)20/h4,6-7,9-10,12-13H,5,8H2,1-3H3,(H,16,18,19)/b9-6+/t10-,12+,13+,15+/m0/s1. The van der Waals surface area contributed by atoms with Gasteiger partial charge in [0.05, 0.1) is 12.2 Å². The predicted octanol–water partition coefficient (Wildman–Crippen LogP) is 1.37. The zero-order chi connectivity index (χ0) is 16.8. The highest BCUT2D eigenvalue weighted by Gasteiger charge is 2.55. The van der Waals surface area contributed by atoms with Crippen LogP contribution < -0.4 is 11.2 Å². The molecule has 4 atom stereocenters. The summed E-state index contributed by atoms with van der Waals surface area (Å²) in [4.78, 5) is 25.5. The van der Waals surface area contributed by atoms with E-state index in [1.165, 1.54) is 16.8 Å². The van der Waals surface area contributed by atoms with Crippen LogP contribution in [0.2, 0.25) is 0 Å². The molecule has 126 valence electrons. The van der Waals surface area contributed by atoms with E-state index in [2.05, 4.69) is 4.98 Å². The molecule has 1 aromatic rings. The van der Waals surface area contributed by atoms with Crippen molar-refractivity contribution in [2.24, 2.45) is 5.92 Å². The maximum atomic E-state index is 12.1. The Kier molecular flexibility index (Phi) is 3.99. The first-order valence-electron chi connectivity index (χ1n) is 7.58. The van der Waals surface area contributed by atoms with E-state index in [0.717, 1.165) is 0 Å². The van der Waals surface area contributed by atoms with Crippen molar-refractivity contribution in [1.29, 1.82) is 0 Å². The highest BCUT2D eigenvalue weighted by molar-refractivity contribution is 7.65. The van der Waals surface area contributed by atoms with E-state index in [9.17, 15) is 14.2 Å². The minimum atomic E-state index is -2.32. The predicted molar refractivity (Wildman–Crippen MR) is 86.3 cm³/mol. The van der Waals surface area contributed by atoms with E-state index >= 15 is 0 Å². The zero-order valence-electron chi connectivity index (χ0n) is 13.4. The van der Waals surface area contributed by atoms with Crippen LogP contribution in [0.25, 0.3) is 0 Å². The van der Waals surface area contributed by atoms with Gasteiger partial charge in [0.25, 0.3) is 5.56 Å². The van der Waals surface area contributed by atoms with E-state index < -0.39 is 30.2 Å². The number of rotatable bonds is 3. The molecule has 7 nitrogen and oxygen atoms in total. The quantitative estimate of drug-likeness (QED) is 0.839. The number of fused-ring (bicyclic) bond motifs is 2. The van der Waals surface area contributed by atoms with Crippen molar-refractivity contribution < 1.29 is 14.0 Å². The Hall–Kier alpha value is -1.43. The van der Waals surface area contributed by atoms with Gasteiger partial charge in [-0.15, -0.1) is 0 Å². The Labute approximate surface area is 133 Å². The summed E-state index contributed by atoms with van der Waals surface area (Å²) >= 11 is 0. The summed E-state index contributed by atoms with van der Waals surface area (Å²) in [5.41, 5.74) is -1.58.